The zero-order valence-electron chi connectivity index (χ0n) is 11.7. The van der Waals surface area contributed by atoms with Crippen molar-refractivity contribution < 1.29 is 4.21 Å². The van der Waals surface area contributed by atoms with E-state index in [1.165, 1.54) is 0 Å². The van der Waals surface area contributed by atoms with Gasteiger partial charge >= 0.3 is 0 Å². The van der Waals surface area contributed by atoms with E-state index in [0.29, 0.717) is 10.9 Å². The van der Waals surface area contributed by atoms with E-state index < -0.39 is 9.73 Å². The van der Waals surface area contributed by atoms with Crippen LogP contribution in [0.2, 0.25) is 0 Å². The summed E-state index contributed by atoms with van der Waals surface area (Å²) in [7, 11) is -2.45. The SMILES string of the molecule is Cc1ccc2c(c1)N=C(Nc1ccccc1)N=S2(C)=O.Cl. The van der Waals surface area contributed by atoms with E-state index >= 15 is 0 Å². The van der Waals surface area contributed by atoms with Gasteiger partial charge < -0.3 is 5.32 Å². The number of hydrogen-bond donors (Lipinski definition) is 1. The van der Waals surface area contributed by atoms with E-state index in [1.807, 2.05) is 55.5 Å². The van der Waals surface area contributed by atoms with Crippen molar-refractivity contribution in [2.75, 3.05) is 11.6 Å². The molecule has 0 saturated heterocycles. The number of fused-ring (bicyclic) bond motifs is 1. The van der Waals surface area contributed by atoms with Crippen LogP contribution in [-0.4, -0.2) is 16.4 Å². The molecular formula is C15H16ClN3OS. The molecule has 2 aromatic carbocycles. The topological polar surface area (TPSA) is 53.8 Å². The van der Waals surface area contributed by atoms with Crippen LogP contribution < -0.4 is 5.32 Å². The maximum absolute atomic E-state index is 12.7. The normalized spacial score (nSPS) is 19.6. The largest absolute Gasteiger partial charge is 0.324 e. The van der Waals surface area contributed by atoms with Crippen molar-refractivity contribution in [3.8, 4) is 0 Å². The highest BCUT2D eigenvalue weighted by Gasteiger charge is 2.18. The number of hydrogen-bond acceptors (Lipinski definition) is 4. The third-order valence-electron chi connectivity index (χ3n) is 3.04. The summed E-state index contributed by atoms with van der Waals surface area (Å²) in [4.78, 5) is 5.15. The molecule has 4 nitrogen and oxygen atoms in total. The third-order valence-corrected chi connectivity index (χ3v) is 4.72. The third kappa shape index (κ3) is 3.25. The highest BCUT2D eigenvalue weighted by atomic mass is 35.5. The average molecular weight is 322 g/mol. The van der Waals surface area contributed by atoms with Crippen molar-refractivity contribution in [3.05, 3.63) is 54.1 Å². The van der Waals surface area contributed by atoms with Crippen LogP contribution in [0.1, 0.15) is 5.56 Å². The number of anilines is 1. The van der Waals surface area contributed by atoms with Crippen LogP contribution >= 0.6 is 12.4 Å². The quantitative estimate of drug-likeness (QED) is 0.863. The summed E-state index contributed by atoms with van der Waals surface area (Å²) in [5.74, 6) is 0.391. The molecule has 0 spiro atoms. The molecule has 1 heterocycles. The lowest BCUT2D eigenvalue weighted by Crippen LogP contribution is -2.15. The van der Waals surface area contributed by atoms with Gasteiger partial charge in [-0.15, -0.1) is 12.4 Å². The predicted molar refractivity (Wildman–Crippen MR) is 90.3 cm³/mol. The molecule has 110 valence electrons. The van der Waals surface area contributed by atoms with Crippen molar-refractivity contribution in [3.63, 3.8) is 0 Å². The first-order chi connectivity index (χ1) is 9.54. The van der Waals surface area contributed by atoms with E-state index in [2.05, 4.69) is 14.7 Å². The minimum absolute atomic E-state index is 0. The van der Waals surface area contributed by atoms with Gasteiger partial charge in [0.25, 0.3) is 0 Å². The Morgan fingerprint density at radius 1 is 1.10 bits per heavy atom. The van der Waals surface area contributed by atoms with E-state index in [4.69, 9.17) is 0 Å². The molecule has 0 saturated carbocycles. The van der Waals surface area contributed by atoms with Crippen molar-refractivity contribution in [1.29, 1.82) is 0 Å². The zero-order chi connectivity index (χ0) is 14.2. The highest BCUT2D eigenvalue weighted by molar-refractivity contribution is 7.93. The van der Waals surface area contributed by atoms with Gasteiger partial charge in [-0.3, -0.25) is 0 Å². The van der Waals surface area contributed by atoms with Crippen LogP contribution in [0.4, 0.5) is 11.4 Å². The van der Waals surface area contributed by atoms with Gasteiger partial charge in [0.2, 0.25) is 5.96 Å². The number of halogens is 1. The number of guanidine groups is 1. The summed E-state index contributed by atoms with van der Waals surface area (Å²) in [6.45, 7) is 1.99. The van der Waals surface area contributed by atoms with E-state index in [9.17, 15) is 4.21 Å². The first kappa shape index (κ1) is 15.5. The fourth-order valence-corrected chi connectivity index (χ4v) is 3.41. The molecule has 1 unspecified atom stereocenters. The van der Waals surface area contributed by atoms with Crippen LogP contribution in [0.25, 0.3) is 0 Å². The second kappa shape index (κ2) is 5.87. The fourth-order valence-electron chi connectivity index (χ4n) is 2.09. The Morgan fingerprint density at radius 3 is 2.52 bits per heavy atom. The van der Waals surface area contributed by atoms with E-state index in [-0.39, 0.29) is 12.4 Å². The average Bonchev–Trinajstić information content (AvgIpc) is 2.38. The number of nitrogens with zero attached hydrogens (tertiary/aromatic N) is 2. The highest BCUT2D eigenvalue weighted by Crippen LogP contribution is 2.30. The van der Waals surface area contributed by atoms with Crippen molar-refractivity contribution in [2.45, 2.75) is 11.8 Å². The summed E-state index contributed by atoms with van der Waals surface area (Å²) < 4.78 is 16.9. The fraction of sp³-hybridized carbons (Fsp3) is 0.133. The van der Waals surface area contributed by atoms with Gasteiger partial charge in [-0.1, -0.05) is 24.3 Å². The Labute approximate surface area is 130 Å². The summed E-state index contributed by atoms with van der Waals surface area (Å²) in [6.07, 6.45) is 1.64. The van der Waals surface area contributed by atoms with Crippen molar-refractivity contribution >= 4 is 39.5 Å². The number of para-hydroxylation sites is 1. The lowest BCUT2D eigenvalue weighted by molar-refractivity contribution is 0.681. The van der Waals surface area contributed by atoms with Crippen LogP contribution in [0.5, 0.6) is 0 Å². The van der Waals surface area contributed by atoms with Gasteiger partial charge in [0.1, 0.15) is 0 Å². The first-order valence-corrected chi connectivity index (χ1v) is 8.20. The molecule has 6 heteroatoms. The van der Waals surface area contributed by atoms with Crippen LogP contribution in [0.3, 0.4) is 0 Å². The second-order valence-electron chi connectivity index (χ2n) is 4.79. The van der Waals surface area contributed by atoms with Crippen molar-refractivity contribution in [2.24, 2.45) is 9.36 Å². The number of aryl methyl sites for hydroxylation is 1. The van der Waals surface area contributed by atoms with Gasteiger partial charge in [-0.25, -0.2) is 9.20 Å². The zero-order valence-corrected chi connectivity index (χ0v) is 13.4. The minimum atomic E-state index is -2.45. The predicted octanol–water partition coefficient (Wildman–Crippen LogP) is 3.99. The van der Waals surface area contributed by atoms with Crippen LogP contribution in [-0.2, 0) is 9.73 Å². The molecule has 1 N–H and O–H groups in total. The minimum Gasteiger partial charge on any atom is -0.324 e. The van der Waals surface area contributed by atoms with Gasteiger partial charge in [-0.05, 0) is 36.8 Å². The van der Waals surface area contributed by atoms with Gasteiger partial charge in [-0.2, -0.15) is 4.36 Å². The smallest absolute Gasteiger partial charge is 0.236 e. The Balaban J connectivity index is 0.00000161. The molecule has 0 amide bonds. The van der Waals surface area contributed by atoms with Gasteiger partial charge in [0, 0.05) is 11.9 Å². The van der Waals surface area contributed by atoms with Crippen molar-refractivity contribution in [1.82, 2.24) is 0 Å². The summed E-state index contributed by atoms with van der Waals surface area (Å²) in [5, 5.41) is 3.10. The molecule has 21 heavy (non-hydrogen) atoms. The molecule has 0 bridgehead atoms. The lowest BCUT2D eigenvalue weighted by atomic mass is 10.2. The summed E-state index contributed by atoms with van der Waals surface area (Å²) in [5.41, 5.74) is 2.69. The molecule has 0 radical (unpaired) electrons. The standard InChI is InChI=1S/C15H15N3OS.ClH/c1-11-8-9-14-13(10-11)17-15(18-20(14,2)19)16-12-6-4-3-5-7-12;/h3-10H,1-2H3,(H,16,17,18,19);1H. The molecule has 1 aliphatic heterocycles. The van der Waals surface area contributed by atoms with Gasteiger partial charge in [0.15, 0.2) is 0 Å². The number of benzene rings is 2. The summed E-state index contributed by atoms with van der Waals surface area (Å²) in [6, 6.07) is 15.3. The Morgan fingerprint density at radius 2 is 1.81 bits per heavy atom. The molecule has 2 aromatic rings. The molecular weight excluding hydrogens is 306 g/mol. The molecule has 0 aromatic heterocycles. The molecule has 3 rings (SSSR count). The van der Waals surface area contributed by atoms with E-state index in [0.717, 1.165) is 16.9 Å². The Bertz CT molecular complexity index is 809. The first-order valence-electron chi connectivity index (χ1n) is 6.28. The molecule has 1 atom stereocenters. The number of nitrogens with one attached hydrogen (secondary N) is 1. The summed E-state index contributed by atoms with van der Waals surface area (Å²) >= 11 is 0. The van der Waals surface area contributed by atoms with E-state index in [1.54, 1.807) is 6.26 Å². The molecule has 0 fully saturated rings. The Kier molecular flexibility index (Phi) is 4.34. The number of aliphatic imine (C=N–C) groups is 1. The molecule has 0 aliphatic carbocycles. The lowest BCUT2D eigenvalue weighted by Gasteiger charge is -2.16. The maximum Gasteiger partial charge on any atom is 0.236 e. The number of rotatable bonds is 1. The second-order valence-corrected chi connectivity index (χ2v) is 7.02. The van der Waals surface area contributed by atoms with Crippen LogP contribution in [0.15, 0.2) is 62.8 Å². The Hall–Kier alpha value is -1.85. The monoisotopic (exact) mass is 321 g/mol. The maximum atomic E-state index is 12.7. The van der Waals surface area contributed by atoms with Gasteiger partial charge in [0.05, 0.1) is 20.3 Å². The van der Waals surface area contributed by atoms with Crippen LogP contribution in [0, 0.1) is 6.92 Å². The molecule has 1 aliphatic rings.